The van der Waals surface area contributed by atoms with Crippen molar-refractivity contribution in [3.63, 3.8) is 0 Å². The number of rotatable bonds is 3. The van der Waals surface area contributed by atoms with Crippen LogP contribution >= 0.6 is 39.9 Å². The highest BCUT2D eigenvalue weighted by Crippen LogP contribution is 2.38. The van der Waals surface area contributed by atoms with E-state index in [0.29, 0.717) is 9.89 Å². The highest BCUT2D eigenvalue weighted by atomic mass is 127. The molecule has 0 bridgehead atoms. The number of nitrogens with zero attached hydrogens (tertiary/aromatic N) is 2. The van der Waals surface area contributed by atoms with Gasteiger partial charge in [0.1, 0.15) is 5.82 Å². The van der Waals surface area contributed by atoms with Crippen molar-refractivity contribution in [3.05, 3.63) is 34.1 Å². The van der Waals surface area contributed by atoms with Crippen molar-refractivity contribution in [2.45, 2.75) is 19.3 Å². The second-order valence-corrected chi connectivity index (χ2v) is 7.30. The van der Waals surface area contributed by atoms with E-state index in [4.69, 9.17) is 4.74 Å². The van der Waals surface area contributed by atoms with Crippen LogP contribution in [0.5, 0.6) is 0 Å². The van der Waals surface area contributed by atoms with Crippen LogP contribution in [0.15, 0.2) is 27.7 Å². The highest BCUT2D eigenvalue weighted by Gasteiger charge is 2.42. The lowest BCUT2D eigenvalue weighted by Crippen LogP contribution is -2.42. The lowest BCUT2D eigenvalue weighted by Gasteiger charge is -2.25. The van der Waals surface area contributed by atoms with Crippen LogP contribution in [-0.2, 0) is 11.2 Å². The molecule has 2 heterocycles. The quantitative estimate of drug-likeness (QED) is 0.384. The molecule has 134 valence electrons. The Hall–Kier alpha value is -0.410. The average molecular weight is 512 g/mol. The lowest BCUT2D eigenvalue weighted by atomic mass is 9.87. The number of nitrogens with one attached hydrogen (secondary N) is 1. The zero-order chi connectivity index (χ0) is 16.3. The topological polar surface area (TPSA) is 36.9 Å². The molecule has 2 fully saturated rings. The van der Waals surface area contributed by atoms with Crippen molar-refractivity contribution >= 4 is 45.9 Å². The van der Waals surface area contributed by atoms with Crippen molar-refractivity contribution in [1.82, 2.24) is 10.2 Å². The van der Waals surface area contributed by atoms with Gasteiger partial charge in [0.15, 0.2) is 5.96 Å². The maximum absolute atomic E-state index is 13.3. The smallest absolute Gasteiger partial charge is 0.193 e. The van der Waals surface area contributed by atoms with E-state index >= 15 is 0 Å². The van der Waals surface area contributed by atoms with E-state index in [1.54, 1.807) is 0 Å². The van der Waals surface area contributed by atoms with Gasteiger partial charge in [-0.3, -0.25) is 4.99 Å². The fraction of sp³-hybridized carbons (Fsp3) is 0.588. The summed E-state index contributed by atoms with van der Waals surface area (Å²) in [6.45, 7) is 4.61. The van der Waals surface area contributed by atoms with Crippen LogP contribution in [0.2, 0.25) is 0 Å². The number of hydrogen-bond acceptors (Lipinski definition) is 2. The molecule has 1 aromatic rings. The molecule has 1 unspecified atom stereocenters. The van der Waals surface area contributed by atoms with Crippen LogP contribution in [0.25, 0.3) is 0 Å². The first-order valence-corrected chi connectivity index (χ1v) is 8.88. The molecule has 0 aliphatic carbocycles. The molecule has 24 heavy (non-hydrogen) atoms. The Bertz CT molecular complexity index is 593. The minimum atomic E-state index is -0.223. The first-order valence-electron chi connectivity index (χ1n) is 8.09. The molecule has 0 amide bonds. The molecule has 1 N–H and O–H groups in total. The van der Waals surface area contributed by atoms with E-state index in [0.717, 1.165) is 57.2 Å². The molecule has 2 saturated heterocycles. The van der Waals surface area contributed by atoms with E-state index in [-0.39, 0.29) is 29.8 Å². The normalized spacial score (nSPS) is 23.6. The van der Waals surface area contributed by atoms with Crippen molar-refractivity contribution < 1.29 is 9.13 Å². The maximum atomic E-state index is 13.3. The predicted octanol–water partition coefficient (Wildman–Crippen LogP) is 3.44. The fourth-order valence-electron chi connectivity index (χ4n) is 3.43. The van der Waals surface area contributed by atoms with Gasteiger partial charge < -0.3 is 15.0 Å². The monoisotopic (exact) mass is 511 g/mol. The summed E-state index contributed by atoms with van der Waals surface area (Å²) in [5.74, 6) is 0.730. The maximum Gasteiger partial charge on any atom is 0.193 e. The zero-order valence-corrected chi connectivity index (χ0v) is 17.8. The van der Waals surface area contributed by atoms with Gasteiger partial charge >= 0.3 is 0 Å². The summed E-state index contributed by atoms with van der Waals surface area (Å²) >= 11 is 3.23. The third-order valence-electron chi connectivity index (χ3n) is 4.82. The van der Waals surface area contributed by atoms with Crippen LogP contribution in [0.4, 0.5) is 4.39 Å². The van der Waals surface area contributed by atoms with Crippen LogP contribution in [0.1, 0.15) is 18.4 Å². The van der Waals surface area contributed by atoms with Gasteiger partial charge in [0.25, 0.3) is 0 Å². The van der Waals surface area contributed by atoms with Crippen molar-refractivity contribution in [1.29, 1.82) is 0 Å². The zero-order valence-electron chi connectivity index (χ0n) is 13.9. The minimum absolute atomic E-state index is 0. The lowest BCUT2D eigenvalue weighted by molar-refractivity contribution is 0.156. The summed E-state index contributed by atoms with van der Waals surface area (Å²) in [4.78, 5) is 6.74. The molecule has 2 aliphatic heterocycles. The molecular weight excluding hydrogens is 488 g/mol. The Morgan fingerprint density at radius 2 is 2.29 bits per heavy atom. The van der Waals surface area contributed by atoms with Gasteiger partial charge in [-0.1, -0.05) is 6.07 Å². The summed E-state index contributed by atoms with van der Waals surface area (Å²) < 4.78 is 19.4. The largest absolute Gasteiger partial charge is 0.381 e. The molecule has 7 heteroatoms. The third-order valence-corrected chi connectivity index (χ3v) is 5.42. The number of benzene rings is 1. The summed E-state index contributed by atoms with van der Waals surface area (Å²) in [7, 11) is 1.83. The average Bonchev–Trinajstić information content (AvgIpc) is 3.18. The number of guanidine groups is 1. The van der Waals surface area contributed by atoms with Gasteiger partial charge in [0.2, 0.25) is 0 Å². The molecule has 4 nitrogen and oxygen atoms in total. The third kappa shape index (κ3) is 4.60. The second kappa shape index (κ2) is 8.80. The van der Waals surface area contributed by atoms with E-state index in [2.05, 4.69) is 31.1 Å². The predicted molar refractivity (Wildman–Crippen MR) is 109 cm³/mol. The number of halogens is 3. The molecule has 1 atom stereocenters. The van der Waals surface area contributed by atoms with E-state index in [9.17, 15) is 4.39 Å². The summed E-state index contributed by atoms with van der Waals surface area (Å²) in [6.07, 6.45) is 3.17. The van der Waals surface area contributed by atoms with Gasteiger partial charge in [-0.05, 0) is 52.9 Å². The van der Waals surface area contributed by atoms with E-state index in [1.807, 2.05) is 19.2 Å². The summed E-state index contributed by atoms with van der Waals surface area (Å²) in [5, 5.41) is 3.43. The first kappa shape index (κ1) is 19.9. The van der Waals surface area contributed by atoms with Crippen LogP contribution in [0.3, 0.4) is 0 Å². The molecule has 0 saturated carbocycles. The SMILES string of the molecule is CN=C(NCCc1ccc(F)c(Br)c1)N1CCC2(CCOC2)C1.I. The van der Waals surface area contributed by atoms with E-state index < -0.39 is 0 Å². The number of likely N-dealkylation sites (tertiary alicyclic amines) is 1. The Morgan fingerprint density at radius 1 is 1.46 bits per heavy atom. The Labute approximate surface area is 168 Å². The molecule has 3 rings (SSSR count). The van der Waals surface area contributed by atoms with Gasteiger partial charge in [0, 0.05) is 38.7 Å². The fourth-order valence-corrected chi connectivity index (χ4v) is 3.86. The summed E-state index contributed by atoms with van der Waals surface area (Å²) in [6, 6.07) is 5.16. The van der Waals surface area contributed by atoms with Crippen LogP contribution in [0, 0.1) is 11.2 Å². The van der Waals surface area contributed by atoms with Gasteiger partial charge in [-0.25, -0.2) is 4.39 Å². The first-order chi connectivity index (χ1) is 11.1. The molecule has 0 aromatic heterocycles. The number of ether oxygens (including phenoxy) is 1. The molecule has 1 spiro atoms. The van der Waals surface area contributed by atoms with Crippen LogP contribution < -0.4 is 5.32 Å². The van der Waals surface area contributed by atoms with E-state index in [1.165, 1.54) is 12.5 Å². The van der Waals surface area contributed by atoms with Gasteiger partial charge in [-0.2, -0.15) is 0 Å². The Balaban J connectivity index is 0.00000208. The van der Waals surface area contributed by atoms with Gasteiger partial charge in [-0.15, -0.1) is 24.0 Å². The van der Waals surface area contributed by atoms with Gasteiger partial charge in [0.05, 0.1) is 11.1 Å². The second-order valence-electron chi connectivity index (χ2n) is 6.45. The molecule has 2 aliphatic rings. The Morgan fingerprint density at radius 3 is 2.96 bits per heavy atom. The number of aliphatic imine (C=N–C) groups is 1. The molecule has 0 radical (unpaired) electrons. The van der Waals surface area contributed by atoms with Crippen molar-refractivity contribution in [2.24, 2.45) is 10.4 Å². The summed E-state index contributed by atoms with van der Waals surface area (Å²) in [5.41, 5.74) is 1.43. The standard InChI is InChI=1S/C17H23BrFN3O.HI/c1-20-16(22-8-5-17(11-22)6-9-23-12-17)21-7-4-13-2-3-15(19)14(18)10-13;/h2-3,10H,4-9,11-12H2,1H3,(H,20,21);1H. The Kier molecular flexibility index (Phi) is 7.30. The molecular formula is C17H24BrFIN3O. The van der Waals surface area contributed by atoms with Crippen LogP contribution in [-0.4, -0.2) is 50.8 Å². The van der Waals surface area contributed by atoms with Crippen molar-refractivity contribution in [2.75, 3.05) is 39.9 Å². The molecule has 1 aromatic carbocycles. The minimum Gasteiger partial charge on any atom is -0.381 e. The number of hydrogen-bond donors (Lipinski definition) is 1. The van der Waals surface area contributed by atoms with Crippen molar-refractivity contribution in [3.8, 4) is 0 Å². The highest BCUT2D eigenvalue weighted by molar-refractivity contribution is 14.0.